The molecule has 0 aromatic heterocycles. The van der Waals surface area contributed by atoms with Gasteiger partial charge in [0.25, 0.3) is 0 Å². The van der Waals surface area contributed by atoms with Crippen LogP contribution >= 0.6 is 0 Å². The van der Waals surface area contributed by atoms with Gasteiger partial charge in [0.2, 0.25) is 5.91 Å². The van der Waals surface area contributed by atoms with E-state index in [2.05, 4.69) is 35.6 Å². The van der Waals surface area contributed by atoms with E-state index in [0.29, 0.717) is 17.9 Å². The Kier molecular flexibility index (Phi) is 5.22. The fourth-order valence-electron chi connectivity index (χ4n) is 3.11. The van der Waals surface area contributed by atoms with Gasteiger partial charge in [0, 0.05) is 38.6 Å². The zero-order valence-electron chi connectivity index (χ0n) is 12.8. The number of hydrogen-bond acceptors (Lipinski definition) is 3. The van der Waals surface area contributed by atoms with Crippen LogP contribution in [0.15, 0.2) is 0 Å². The Morgan fingerprint density at radius 3 is 2.16 bits per heavy atom. The van der Waals surface area contributed by atoms with E-state index in [0.717, 1.165) is 32.6 Å². The van der Waals surface area contributed by atoms with Crippen molar-refractivity contribution in [2.24, 2.45) is 5.92 Å². The third-order valence-electron chi connectivity index (χ3n) is 4.70. The first-order valence-corrected chi connectivity index (χ1v) is 7.76. The maximum atomic E-state index is 12.3. The average molecular weight is 267 g/mol. The standard InChI is InChI=1S/C15H29N3O/c1-13(2)17-6-4-14(5-7-17)12-15(19)18-10-8-16(3)9-11-18/h13-14H,4-12H2,1-3H3. The predicted octanol–water partition coefficient (Wildman–Crippen LogP) is 1.27. The van der Waals surface area contributed by atoms with Crippen molar-refractivity contribution in [1.29, 1.82) is 0 Å². The number of piperazine rings is 1. The molecule has 1 amide bonds. The number of piperidine rings is 1. The second-order valence-corrected chi connectivity index (χ2v) is 6.46. The largest absolute Gasteiger partial charge is 0.340 e. The molecule has 0 saturated carbocycles. The Hall–Kier alpha value is -0.610. The molecule has 4 nitrogen and oxygen atoms in total. The highest BCUT2D eigenvalue weighted by Crippen LogP contribution is 2.22. The van der Waals surface area contributed by atoms with Gasteiger partial charge >= 0.3 is 0 Å². The van der Waals surface area contributed by atoms with E-state index in [9.17, 15) is 4.79 Å². The summed E-state index contributed by atoms with van der Waals surface area (Å²) in [5.74, 6) is 0.998. The molecule has 0 N–H and O–H groups in total. The Morgan fingerprint density at radius 1 is 1.05 bits per heavy atom. The Bertz CT molecular complexity index is 290. The number of carbonyl (C=O) groups excluding carboxylic acids is 1. The highest BCUT2D eigenvalue weighted by molar-refractivity contribution is 5.76. The maximum Gasteiger partial charge on any atom is 0.222 e. The monoisotopic (exact) mass is 267 g/mol. The summed E-state index contributed by atoms with van der Waals surface area (Å²) < 4.78 is 0. The SMILES string of the molecule is CC(C)N1CCC(CC(=O)N2CCN(C)CC2)CC1. The topological polar surface area (TPSA) is 26.8 Å². The Morgan fingerprint density at radius 2 is 1.63 bits per heavy atom. The first kappa shape index (κ1) is 14.8. The second-order valence-electron chi connectivity index (χ2n) is 6.46. The fraction of sp³-hybridized carbons (Fsp3) is 0.933. The minimum atomic E-state index is 0.385. The summed E-state index contributed by atoms with van der Waals surface area (Å²) in [6.45, 7) is 10.7. The van der Waals surface area contributed by atoms with Crippen molar-refractivity contribution in [2.75, 3.05) is 46.3 Å². The molecular formula is C15H29N3O. The first-order valence-electron chi connectivity index (χ1n) is 7.76. The summed E-state index contributed by atoms with van der Waals surface area (Å²) >= 11 is 0. The van der Waals surface area contributed by atoms with E-state index in [-0.39, 0.29) is 0 Å². The average Bonchev–Trinajstić information content (AvgIpc) is 2.40. The maximum absolute atomic E-state index is 12.3. The summed E-state index contributed by atoms with van der Waals surface area (Å²) in [5.41, 5.74) is 0. The van der Waals surface area contributed by atoms with Gasteiger partial charge in [-0.3, -0.25) is 4.79 Å². The molecule has 2 heterocycles. The van der Waals surface area contributed by atoms with Gasteiger partial charge in [-0.05, 0) is 52.7 Å². The molecule has 0 unspecified atom stereocenters. The summed E-state index contributed by atoms with van der Waals surface area (Å²) in [5, 5.41) is 0. The predicted molar refractivity (Wildman–Crippen MR) is 78.1 cm³/mol. The van der Waals surface area contributed by atoms with Gasteiger partial charge in [0.15, 0.2) is 0 Å². The summed E-state index contributed by atoms with van der Waals surface area (Å²) in [6, 6.07) is 0.647. The molecule has 2 aliphatic rings. The number of likely N-dealkylation sites (N-methyl/N-ethyl adjacent to an activating group) is 1. The van der Waals surface area contributed by atoms with Crippen molar-refractivity contribution >= 4 is 5.91 Å². The summed E-state index contributed by atoms with van der Waals surface area (Å²) in [4.78, 5) is 19.2. The highest BCUT2D eigenvalue weighted by Gasteiger charge is 2.25. The van der Waals surface area contributed by atoms with Crippen LogP contribution in [0.3, 0.4) is 0 Å². The van der Waals surface area contributed by atoms with Gasteiger partial charge in [-0.1, -0.05) is 0 Å². The molecule has 0 aromatic carbocycles. The van der Waals surface area contributed by atoms with E-state index in [1.807, 2.05) is 0 Å². The molecule has 0 bridgehead atoms. The lowest BCUT2D eigenvalue weighted by atomic mass is 9.92. The van der Waals surface area contributed by atoms with Crippen molar-refractivity contribution in [1.82, 2.24) is 14.7 Å². The third kappa shape index (κ3) is 4.18. The van der Waals surface area contributed by atoms with Gasteiger partial charge in [0.1, 0.15) is 0 Å². The van der Waals surface area contributed by atoms with Gasteiger partial charge in [-0.2, -0.15) is 0 Å². The van der Waals surface area contributed by atoms with Crippen molar-refractivity contribution in [3.63, 3.8) is 0 Å². The van der Waals surface area contributed by atoms with Crippen LogP contribution in [-0.4, -0.2) is 73.0 Å². The number of rotatable bonds is 3. The molecule has 0 aromatic rings. The number of carbonyl (C=O) groups is 1. The van der Waals surface area contributed by atoms with Crippen LogP contribution in [0.2, 0.25) is 0 Å². The normalized spacial score (nSPS) is 24.1. The fourth-order valence-corrected chi connectivity index (χ4v) is 3.11. The zero-order chi connectivity index (χ0) is 13.8. The second kappa shape index (κ2) is 6.71. The number of amides is 1. The van der Waals surface area contributed by atoms with Crippen LogP contribution in [0.4, 0.5) is 0 Å². The van der Waals surface area contributed by atoms with E-state index >= 15 is 0 Å². The number of nitrogens with zero attached hydrogens (tertiary/aromatic N) is 3. The molecule has 2 rings (SSSR count). The van der Waals surface area contributed by atoms with Crippen LogP contribution in [0.5, 0.6) is 0 Å². The van der Waals surface area contributed by atoms with Gasteiger partial charge in [0.05, 0.1) is 0 Å². The molecule has 2 aliphatic heterocycles. The number of likely N-dealkylation sites (tertiary alicyclic amines) is 1. The van der Waals surface area contributed by atoms with Crippen molar-refractivity contribution in [3.05, 3.63) is 0 Å². The molecule has 0 aliphatic carbocycles. The van der Waals surface area contributed by atoms with Gasteiger partial charge < -0.3 is 14.7 Å². The molecular weight excluding hydrogens is 238 g/mol. The molecule has 19 heavy (non-hydrogen) atoms. The zero-order valence-corrected chi connectivity index (χ0v) is 12.8. The lowest BCUT2D eigenvalue weighted by Crippen LogP contribution is -2.48. The molecule has 4 heteroatoms. The molecule has 2 saturated heterocycles. The molecule has 2 fully saturated rings. The van der Waals surface area contributed by atoms with Crippen molar-refractivity contribution < 1.29 is 4.79 Å². The van der Waals surface area contributed by atoms with E-state index in [1.165, 1.54) is 25.9 Å². The van der Waals surface area contributed by atoms with E-state index in [1.54, 1.807) is 0 Å². The van der Waals surface area contributed by atoms with Crippen LogP contribution in [0, 0.1) is 5.92 Å². The summed E-state index contributed by atoms with van der Waals surface area (Å²) in [6.07, 6.45) is 3.16. The molecule has 0 spiro atoms. The van der Waals surface area contributed by atoms with E-state index in [4.69, 9.17) is 0 Å². The first-order chi connectivity index (χ1) is 9.06. The minimum Gasteiger partial charge on any atom is -0.340 e. The van der Waals surface area contributed by atoms with Crippen molar-refractivity contribution in [2.45, 2.75) is 39.2 Å². The minimum absolute atomic E-state index is 0.385. The van der Waals surface area contributed by atoms with Crippen molar-refractivity contribution in [3.8, 4) is 0 Å². The van der Waals surface area contributed by atoms with Gasteiger partial charge in [-0.25, -0.2) is 0 Å². The Balaban J connectivity index is 1.72. The van der Waals surface area contributed by atoms with Crippen LogP contribution in [0.25, 0.3) is 0 Å². The molecule has 0 radical (unpaired) electrons. The number of hydrogen-bond donors (Lipinski definition) is 0. The van der Waals surface area contributed by atoms with E-state index < -0.39 is 0 Å². The summed E-state index contributed by atoms with van der Waals surface area (Å²) in [7, 11) is 2.13. The van der Waals surface area contributed by atoms with Crippen LogP contribution in [-0.2, 0) is 4.79 Å². The molecule has 0 atom stereocenters. The lowest BCUT2D eigenvalue weighted by Gasteiger charge is -2.36. The highest BCUT2D eigenvalue weighted by atomic mass is 16.2. The molecule has 110 valence electrons. The van der Waals surface area contributed by atoms with Gasteiger partial charge in [-0.15, -0.1) is 0 Å². The smallest absolute Gasteiger partial charge is 0.222 e. The van der Waals surface area contributed by atoms with Crippen LogP contribution < -0.4 is 0 Å². The van der Waals surface area contributed by atoms with Crippen LogP contribution in [0.1, 0.15) is 33.1 Å². The Labute approximate surface area is 117 Å². The third-order valence-corrected chi connectivity index (χ3v) is 4.70. The lowest BCUT2D eigenvalue weighted by molar-refractivity contribution is -0.134. The quantitative estimate of drug-likeness (QED) is 0.770.